The average Bonchev–Trinajstić information content (AvgIpc) is 3.18. The summed E-state index contributed by atoms with van der Waals surface area (Å²) in [4.78, 5) is 0. The third-order valence-electron chi connectivity index (χ3n) is 4.73. The second-order valence-electron chi connectivity index (χ2n) is 6.78. The van der Waals surface area contributed by atoms with Gasteiger partial charge in [0, 0.05) is 11.6 Å². The molecule has 0 aromatic carbocycles. The maximum atomic E-state index is 3.82. The number of hydrogen-bond acceptors (Lipinski definition) is 1. The van der Waals surface area contributed by atoms with Crippen LogP contribution in [0.15, 0.2) is 23.3 Å². The molecule has 0 unspecified atom stereocenters. The summed E-state index contributed by atoms with van der Waals surface area (Å²) >= 11 is 0. The zero-order chi connectivity index (χ0) is 12.1. The molecule has 0 aromatic heterocycles. The highest BCUT2D eigenvalue weighted by atomic mass is 15.0. The molecule has 3 aliphatic rings. The van der Waals surface area contributed by atoms with E-state index in [1.54, 1.807) is 11.1 Å². The van der Waals surface area contributed by atoms with Crippen LogP contribution in [-0.4, -0.2) is 11.6 Å². The molecule has 2 saturated carbocycles. The molecule has 94 valence electrons. The third-order valence-corrected chi connectivity index (χ3v) is 4.73. The quantitative estimate of drug-likeness (QED) is 0.772. The van der Waals surface area contributed by atoms with Crippen molar-refractivity contribution in [2.24, 2.45) is 5.41 Å². The largest absolute Gasteiger partial charge is 0.305 e. The Hall–Kier alpha value is -0.560. The molecule has 1 nitrogen and oxygen atoms in total. The monoisotopic (exact) mass is 231 g/mol. The SMILES string of the molecule is CC(C)NC1(C2=C(C3(C)CC3)CCC=C2)CC1. The Labute approximate surface area is 105 Å². The fraction of sp³-hybridized carbons (Fsp3) is 0.750. The summed E-state index contributed by atoms with van der Waals surface area (Å²) in [5.41, 5.74) is 4.36. The van der Waals surface area contributed by atoms with Gasteiger partial charge in [0.05, 0.1) is 0 Å². The van der Waals surface area contributed by atoms with Crippen LogP contribution in [0, 0.1) is 5.41 Å². The Morgan fingerprint density at radius 3 is 2.41 bits per heavy atom. The van der Waals surface area contributed by atoms with Crippen LogP contribution < -0.4 is 5.32 Å². The maximum absolute atomic E-state index is 3.82. The van der Waals surface area contributed by atoms with Crippen molar-refractivity contribution in [3.8, 4) is 0 Å². The first-order valence-electron chi connectivity index (χ1n) is 7.24. The lowest BCUT2D eigenvalue weighted by Crippen LogP contribution is -2.39. The van der Waals surface area contributed by atoms with Gasteiger partial charge >= 0.3 is 0 Å². The van der Waals surface area contributed by atoms with Crippen LogP contribution in [0.2, 0.25) is 0 Å². The average molecular weight is 231 g/mol. The lowest BCUT2D eigenvalue weighted by Gasteiger charge is -2.29. The van der Waals surface area contributed by atoms with Crippen LogP contribution >= 0.6 is 0 Å². The summed E-state index contributed by atoms with van der Waals surface area (Å²) in [7, 11) is 0. The van der Waals surface area contributed by atoms with E-state index in [1.807, 2.05) is 0 Å². The van der Waals surface area contributed by atoms with Gasteiger partial charge in [-0.3, -0.25) is 0 Å². The number of hydrogen-bond donors (Lipinski definition) is 1. The molecule has 3 rings (SSSR count). The molecule has 1 heteroatoms. The first-order valence-corrected chi connectivity index (χ1v) is 7.24. The number of allylic oxidation sites excluding steroid dienone is 2. The van der Waals surface area contributed by atoms with Crippen molar-refractivity contribution in [1.29, 1.82) is 0 Å². The van der Waals surface area contributed by atoms with Crippen LogP contribution in [0.5, 0.6) is 0 Å². The van der Waals surface area contributed by atoms with Gasteiger partial charge in [0.1, 0.15) is 0 Å². The molecule has 0 atom stereocenters. The molecular weight excluding hydrogens is 206 g/mol. The zero-order valence-corrected chi connectivity index (χ0v) is 11.5. The fourth-order valence-corrected chi connectivity index (χ4v) is 3.40. The lowest BCUT2D eigenvalue weighted by molar-refractivity contribution is 0.486. The predicted molar refractivity (Wildman–Crippen MR) is 73.0 cm³/mol. The van der Waals surface area contributed by atoms with E-state index >= 15 is 0 Å². The summed E-state index contributed by atoms with van der Waals surface area (Å²) in [5.74, 6) is 0. The molecule has 0 aliphatic heterocycles. The number of nitrogens with one attached hydrogen (secondary N) is 1. The molecule has 0 heterocycles. The molecule has 0 spiro atoms. The molecule has 3 aliphatic carbocycles. The lowest BCUT2D eigenvalue weighted by atomic mass is 9.82. The highest BCUT2D eigenvalue weighted by Crippen LogP contribution is 2.58. The Morgan fingerprint density at radius 2 is 1.88 bits per heavy atom. The van der Waals surface area contributed by atoms with Crippen LogP contribution in [-0.2, 0) is 0 Å². The summed E-state index contributed by atoms with van der Waals surface area (Å²) in [6.07, 6.45) is 12.9. The molecule has 0 amide bonds. The van der Waals surface area contributed by atoms with Crippen molar-refractivity contribution in [2.45, 2.75) is 70.9 Å². The summed E-state index contributed by atoms with van der Waals surface area (Å²) in [6.45, 7) is 7.00. The van der Waals surface area contributed by atoms with E-state index in [2.05, 4.69) is 38.2 Å². The minimum atomic E-state index is 0.353. The minimum absolute atomic E-state index is 0.353. The zero-order valence-electron chi connectivity index (χ0n) is 11.5. The Balaban J connectivity index is 1.93. The molecule has 0 bridgehead atoms. The first kappa shape index (κ1) is 11.5. The van der Waals surface area contributed by atoms with Gasteiger partial charge in [0.25, 0.3) is 0 Å². The van der Waals surface area contributed by atoms with Crippen molar-refractivity contribution >= 4 is 0 Å². The minimum Gasteiger partial charge on any atom is -0.305 e. The topological polar surface area (TPSA) is 12.0 Å². The van der Waals surface area contributed by atoms with Gasteiger partial charge < -0.3 is 5.32 Å². The smallest absolute Gasteiger partial charge is 0.0437 e. The second kappa shape index (κ2) is 3.71. The van der Waals surface area contributed by atoms with Gasteiger partial charge in [-0.1, -0.05) is 38.5 Å². The Kier molecular flexibility index (Phi) is 2.52. The van der Waals surface area contributed by atoms with Gasteiger partial charge in [-0.15, -0.1) is 0 Å². The van der Waals surface area contributed by atoms with E-state index in [0.717, 1.165) is 0 Å². The van der Waals surface area contributed by atoms with Crippen molar-refractivity contribution < 1.29 is 0 Å². The van der Waals surface area contributed by atoms with Crippen molar-refractivity contribution in [1.82, 2.24) is 5.32 Å². The van der Waals surface area contributed by atoms with E-state index in [0.29, 0.717) is 17.0 Å². The first-order chi connectivity index (χ1) is 8.06. The number of rotatable bonds is 4. The highest BCUT2D eigenvalue weighted by molar-refractivity contribution is 5.46. The third kappa shape index (κ3) is 1.99. The van der Waals surface area contributed by atoms with Crippen LogP contribution in [0.4, 0.5) is 0 Å². The van der Waals surface area contributed by atoms with Crippen molar-refractivity contribution in [3.63, 3.8) is 0 Å². The summed E-state index contributed by atoms with van der Waals surface area (Å²) in [6, 6.07) is 0.591. The molecule has 1 N–H and O–H groups in total. The predicted octanol–water partition coefficient (Wildman–Crippen LogP) is 3.96. The van der Waals surface area contributed by atoms with Crippen molar-refractivity contribution in [3.05, 3.63) is 23.3 Å². The van der Waals surface area contributed by atoms with Gasteiger partial charge in [0.2, 0.25) is 0 Å². The second-order valence-corrected chi connectivity index (χ2v) is 6.78. The molecule has 17 heavy (non-hydrogen) atoms. The molecule has 0 saturated heterocycles. The standard InChI is InChI=1S/C16H25N/c1-12(2)17-16(10-11-16)14-7-5-4-6-13(14)15(3)8-9-15/h5,7,12,17H,4,6,8-11H2,1-3H3. The van der Waals surface area contributed by atoms with E-state index < -0.39 is 0 Å². The molecular formula is C16H25N. The van der Waals surface area contributed by atoms with E-state index in [9.17, 15) is 0 Å². The molecule has 0 aromatic rings. The van der Waals surface area contributed by atoms with E-state index in [4.69, 9.17) is 0 Å². The van der Waals surface area contributed by atoms with Crippen LogP contribution in [0.3, 0.4) is 0 Å². The highest BCUT2D eigenvalue weighted by Gasteiger charge is 2.51. The summed E-state index contributed by atoms with van der Waals surface area (Å²) < 4.78 is 0. The van der Waals surface area contributed by atoms with Gasteiger partial charge in [0.15, 0.2) is 0 Å². The normalized spacial score (nSPS) is 28.7. The van der Waals surface area contributed by atoms with Crippen LogP contribution in [0.1, 0.15) is 59.3 Å². The summed E-state index contributed by atoms with van der Waals surface area (Å²) in [5, 5.41) is 3.82. The van der Waals surface area contributed by atoms with Gasteiger partial charge in [-0.25, -0.2) is 0 Å². The fourth-order valence-electron chi connectivity index (χ4n) is 3.40. The molecule has 2 fully saturated rings. The van der Waals surface area contributed by atoms with Crippen molar-refractivity contribution in [2.75, 3.05) is 0 Å². The Bertz CT molecular complexity index is 378. The van der Waals surface area contributed by atoms with Gasteiger partial charge in [-0.05, 0) is 49.5 Å². The van der Waals surface area contributed by atoms with E-state index in [-0.39, 0.29) is 0 Å². The van der Waals surface area contributed by atoms with Gasteiger partial charge in [-0.2, -0.15) is 0 Å². The molecule has 0 radical (unpaired) electrons. The Morgan fingerprint density at radius 1 is 1.18 bits per heavy atom. The van der Waals surface area contributed by atoms with E-state index in [1.165, 1.54) is 38.5 Å². The maximum Gasteiger partial charge on any atom is 0.0437 e. The van der Waals surface area contributed by atoms with Crippen LogP contribution in [0.25, 0.3) is 0 Å².